The second kappa shape index (κ2) is 6.38. The van der Waals surface area contributed by atoms with Crippen molar-refractivity contribution >= 4 is 11.4 Å². The number of hydrazone groups is 1. The van der Waals surface area contributed by atoms with Crippen molar-refractivity contribution in [2.45, 2.75) is 12.5 Å². The maximum atomic E-state index is 12.8. The molecule has 0 aliphatic heterocycles. The maximum Gasteiger partial charge on any atom is 0.461 e. The lowest BCUT2D eigenvalue weighted by Gasteiger charge is -2.18. The summed E-state index contributed by atoms with van der Waals surface area (Å²) < 4.78 is 53.6. The zero-order chi connectivity index (χ0) is 15.2. The van der Waals surface area contributed by atoms with Crippen LogP contribution in [0, 0.1) is 22.7 Å². The van der Waals surface area contributed by atoms with E-state index in [0.717, 1.165) is 6.07 Å². The van der Waals surface area contributed by atoms with Gasteiger partial charge >= 0.3 is 12.5 Å². The number of nitrogens with zero attached hydrogens (tertiary/aromatic N) is 3. The van der Waals surface area contributed by atoms with Crippen LogP contribution in [0.25, 0.3) is 0 Å². The van der Waals surface area contributed by atoms with Gasteiger partial charge in [0.25, 0.3) is 0 Å². The van der Waals surface area contributed by atoms with E-state index >= 15 is 0 Å². The number of alkyl halides is 4. The van der Waals surface area contributed by atoms with Crippen LogP contribution in [0.3, 0.4) is 0 Å². The van der Waals surface area contributed by atoms with Crippen LogP contribution in [-0.4, -0.2) is 18.2 Å². The van der Waals surface area contributed by atoms with Crippen LogP contribution in [0.15, 0.2) is 29.4 Å². The lowest BCUT2D eigenvalue weighted by Crippen LogP contribution is -2.33. The van der Waals surface area contributed by atoms with Gasteiger partial charge in [0, 0.05) is 0 Å². The van der Waals surface area contributed by atoms with Crippen LogP contribution in [0.4, 0.5) is 23.2 Å². The quantitative estimate of drug-likeness (QED) is 0.512. The molecule has 0 unspecified atom stereocenters. The summed E-state index contributed by atoms with van der Waals surface area (Å²) in [4.78, 5) is 0. The van der Waals surface area contributed by atoms with Crippen molar-refractivity contribution < 1.29 is 22.3 Å². The molecule has 1 aromatic rings. The van der Waals surface area contributed by atoms with Gasteiger partial charge in [-0.05, 0) is 12.1 Å². The van der Waals surface area contributed by atoms with Gasteiger partial charge in [-0.3, -0.25) is 5.43 Å². The zero-order valence-corrected chi connectivity index (χ0v) is 9.65. The molecule has 0 saturated heterocycles. The third-order valence-corrected chi connectivity index (χ3v) is 1.89. The van der Waals surface area contributed by atoms with Crippen LogP contribution < -0.4 is 10.2 Å². The van der Waals surface area contributed by atoms with E-state index in [1.165, 1.54) is 30.3 Å². The predicted octanol–water partition coefficient (Wildman–Crippen LogP) is 2.74. The Morgan fingerprint density at radius 2 is 1.85 bits per heavy atom. The number of nitriles is 2. The molecule has 104 valence electrons. The molecule has 0 amide bonds. The molecule has 5 nitrogen and oxygen atoms in total. The molecular weight excluding hydrogens is 280 g/mol. The van der Waals surface area contributed by atoms with Gasteiger partial charge < -0.3 is 4.74 Å². The number of benzene rings is 1. The highest BCUT2D eigenvalue weighted by molar-refractivity contribution is 6.10. The number of hydrogen-bond donors (Lipinski definition) is 1. The lowest BCUT2D eigenvalue weighted by atomic mass is 10.3. The summed E-state index contributed by atoms with van der Waals surface area (Å²) in [6, 6.07) is 7.73. The Balaban J connectivity index is 2.99. The van der Waals surface area contributed by atoms with Gasteiger partial charge in [0.1, 0.15) is 12.1 Å². The van der Waals surface area contributed by atoms with Crippen molar-refractivity contribution in [1.29, 1.82) is 10.5 Å². The number of nitrogens with one attached hydrogen (secondary N) is 1. The highest BCUT2D eigenvalue weighted by Gasteiger charge is 2.44. The van der Waals surface area contributed by atoms with E-state index in [9.17, 15) is 17.6 Å². The zero-order valence-electron chi connectivity index (χ0n) is 9.65. The molecule has 0 spiro atoms. The van der Waals surface area contributed by atoms with E-state index in [0.29, 0.717) is 0 Å². The number of halogens is 4. The SMILES string of the molecule is N#CC(C#N)=NNc1ccccc1OC(F)(F)C(F)F. The third kappa shape index (κ3) is 3.85. The molecule has 0 heterocycles. The lowest BCUT2D eigenvalue weighted by molar-refractivity contribution is -0.252. The first-order valence-corrected chi connectivity index (χ1v) is 4.98. The van der Waals surface area contributed by atoms with E-state index in [1.54, 1.807) is 0 Å². The van der Waals surface area contributed by atoms with E-state index in [2.05, 4.69) is 15.3 Å². The first-order chi connectivity index (χ1) is 9.40. The standard InChI is InChI=1S/C11H6F4N4O/c12-10(13)11(14,15)20-9-4-2-1-3-8(9)19-18-7(5-16)6-17/h1-4,10,19H. The number of rotatable bonds is 5. The Morgan fingerprint density at radius 3 is 2.40 bits per heavy atom. The smallest absolute Gasteiger partial charge is 0.426 e. The van der Waals surface area contributed by atoms with Crippen molar-refractivity contribution in [3.63, 3.8) is 0 Å². The molecule has 9 heteroatoms. The van der Waals surface area contributed by atoms with Gasteiger partial charge in [-0.25, -0.2) is 0 Å². The normalized spacial score (nSPS) is 10.3. The van der Waals surface area contributed by atoms with Crippen LogP contribution in [0.2, 0.25) is 0 Å². The van der Waals surface area contributed by atoms with Gasteiger partial charge in [0.05, 0.1) is 5.69 Å². The molecule has 0 aliphatic carbocycles. The summed E-state index contributed by atoms with van der Waals surface area (Å²) >= 11 is 0. The van der Waals surface area contributed by atoms with Gasteiger partial charge in [0.15, 0.2) is 5.75 Å². The minimum Gasteiger partial charge on any atom is -0.426 e. The Labute approximate surface area is 110 Å². The fourth-order valence-electron chi connectivity index (χ4n) is 1.03. The topological polar surface area (TPSA) is 81.2 Å². The molecule has 1 N–H and O–H groups in total. The first-order valence-electron chi connectivity index (χ1n) is 4.98. The minimum absolute atomic E-state index is 0.198. The fourth-order valence-corrected chi connectivity index (χ4v) is 1.03. The van der Waals surface area contributed by atoms with Gasteiger partial charge in [-0.2, -0.15) is 33.2 Å². The number of para-hydroxylation sites is 2. The van der Waals surface area contributed by atoms with E-state index in [1.807, 2.05) is 0 Å². The third-order valence-electron chi connectivity index (χ3n) is 1.89. The monoisotopic (exact) mass is 286 g/mol. The van der Waals surface area contributed by atoms with Gasteiger partial charge in [0.2, 0.25) is 5.71 Å². The largest absolute Gasteiger partial charge is 0.461 e. The Bertz CT molecular complexity index is 573. The van der Waals surface area contributed by atoms with Crippen LogP contribution in [-0.2, 0) is 0 Å². The molecule has 0 atom stereocenters. The molecule has 1 rings (SSSR count). The summed E-state index contributed by atoms with van der Waals surface area (Å²) in [5.41, 5.74) is 1.35. The molecule has 0 bridgehead atoms. The van der Waals surface area contributed by atoms with Crippen molar-refractivity contribution in [3.05, 3.63) is 24.3 Å². The second-order valence-corrected chi connectivity index (χ2v) is 3.26. The van der Waals surface area contributed by atoms with Crippen LogP contribution in [0.5, 0.6) is 5.75 Å². The van der Waals surface area contributed by atoms with E-state index in [-0.39, 0.29) is 5.69 Å². The molecule has 0 fully saturated rings. The van der Waals surface area contributed by atoms with E-state index < -0.39 is 24.0 Å². The number of anilines is 1. The summed E-state index contributed by atoms with van der Waals surface area (Å²) in [5, 5.41) is 20.2. The summed E-state index contributed by atoms with van der Waals surface area (Å²) in [5.74, 6) is -0.600. The Kier molecular flexibility index (Phi) is 4.87. The average Bonchev–Trinajstić information content (AvgIpc) is 2.41. The van der Waals surface area contributed by atoms with E-state index in [4.69, 9.17) is 10.5 Å². The molecule has 0 aliphatic rings. The van der Waals surface area contributed by atoms with Crippen LogP contribution >= 0.6 is 0 Å². The van der Waals surface area contributed by atoms with Crippen LogP contribution in [0.1, 0.15) is 0 Å². The van der Waals surface area contributed by atoms with Crippen molar-refractivity contribution in [2.75, 3.05) is 5.43 Å². The van der Waals surface area contributed by atoms with Crippen molar-refractivity contribution in [2.24, 2.45) is 5.10 Å². The first kappa shape index (κ1) is 15.2. The molecule has 0 saturated carbocycles. The Morgan fingerprint density at radius 1 is 1.25 bits per heavy atom. The molecule has 1 aromatic carbocycles. The molecular formula is C11H6F4N4O. The summed E-state index contributed by atoms with van der Waals surface area (Å²) in [6.07, 6.45) is -8.68. The highest BCUT2D eigenvalue weighted by Crippen LogP contribution is 2.32. The summed E-state index contributed by atoms with van der Waals surface area (Å²) in [6.45, 7) is 0. The minimum atomic E-state index is -4.67. The highest BCUT2D eigenvalue weighted by atomic mass is 19.3. The fraction of sp³-hybridized carbons (Fsp3) is 0.182. The predicted molar refractivity (Wildman–Crippen MR) is 60.3 cm³/mol. The second-order valence-electron chi connectivity index (χ2n) is 3.26. The molecule has 0 aromatic heterocycles. The molecule has 20 heavy (non-hydrogen) atoms. The summed E-state index contributed by atoms with van der Waals surface area (Å²) in [7, 11) is 0. The number of ether oxygens (including phenoxy) is 1. The average molecular weight is 286 g/mol. The maximum absolute atomic E-state index is 12.8. The number of hydrogen-bond acceptors (Lipinski definition) is 5. The Hall–Kier alpha value is -2.81. The van der Waals surface area contributed by atoms with Gasteiger partial charge in [-0.15, -0.1) is 0 Å². The van der Waals surface area contributed by atoms with Crippen molar-refractivity contribution in [1.82, 2.24) is 0 Å². The van der Waals surface area contributed by atoms with Gasteiger partial charge in [-0.1, -0.05) is 12.1 Å². The molecule has 0 radical (unpaired) electrons. The van der Waals surface area contributed by atoms with Crippen molar-refractivity contribution in [3.8, 4) is 17.9 Å².